The van der Waals surface area contributed by atoms with E-state index in [-0.39, 0.29) is 12.1 Å². The lowest BCUT2D eigenvalue weighted by Gasteiger charge is -2.38. The lowest BCUT2D eigenvalue weighted by Crippen LogP contribution is -2.51. The van der Waals surface area contributed by atoms with Crippen LogP contribution in [-0.2, 0) is 9.47 Å². The number of amides is 2. The van der Waals surface area contributed by atoms with Crippen LogP contribution in [-0.4, -0.2) is 54.9 Å². The van der Waals surface area contributed by atoms with E-state index in [0.717, 1.165) is 49.4 Å². The largest absolute Gasteiger partial charge is 0.381 e. The maximum absolute atomic E-state index is 12.8. The topological polar surface area (TPSA) is 63.7 Å². The zero-order chi connectivity index (χ0) is 16.9. The minimum atomic E-state index is -0.0379. The summed E-state index contributed by atoms with van der Waals surface area (Å²) in [6, 6.07) is 2.02. The molecule has 2 fully saturated rings. The number of hydrogen-bond donors (Lipinski definition) is 1. The molecule has 1 N–H and O–H groups in total. The Morgan fingerprint density at radius 3 is 2.88 bits per heavy atom. The van der Waals surface area contributed by atoms with E-state index < -0.39 is 0 Å². The Labute approximate surface area is 143 Å². The van der Waals surface area contributed by atoms with Crippen LogP contribution in [0.1, 0.15) is 30.5 Å². The number of hydrogen-bond acceptors (Lipinski definition) is 4. The van der Waals surface area contributed by atoms with Gasteiger partial charge < -0.3 is 19.7 Å². The molecule has 0 radical (unpaired) electrons. The number of pyridine rings is 1. The van der Waals surface area contributed by atoms with Crippen molar-refractivity contribution >= 4 is 11.7 Å². The van der Waals surface area contributed by atoms with E-state index in [0.29, 0.717) is 25.7 Å². The number of ether oxygens (including phenoxy) is 2. The molecule has 1 unspecified atom stereocenters. The highest BCUT2D eigenvalue weighted by molar-refractivity contribution is 5.90. The van der Waals surface area contributed by atoms with Gasteiger partial charge in [0.05, 0.1) is 19.3 Å². The summed E-state index contributed by atoms with van der Waals surface area (Å²) in [6.07, 6.45) is 4.94. The average molecular weight is 333 g/mol. The average Bonchev–Trinajstić information content (AvgIpc) is 2.59. The summed E-state index contributed by atoms with van der Waals surface area (Å²) in [7, 11) is 0. The van der Waals surface area contributed by atoms with Gasteiger partial charge in [-0.3, -0.25) is 4.98 Å². The van der Waals surface area contributed by atoms with Gasteiger partial charge in [-0.2, -0.15) is 0 Å². The molecule has 0 aliphatic carbocycles. The van der Waals surface area contributed by atoms with E-state index >= 15 is 0 Å². The zero-order valence-corrected chi connectivity index (χ0v) is 14.6. The minimum Gasteiger partial charge on any atom is -0.381 e. The van der Waals surface area contributed by atoms with Crippen molar-refractivity contribution in [2.45, 2.75) is 39.2 Å². The van der Waals surface area contributed by atoms with Crippen LogP contribution >= 0.6 is 0 Å². The molecule has 1 aromatic heterocycles. The van der Waals surface area contributed by atoms with Crippen LogP contribution in [0.15, 0.2) is 12.3 Å². The molecule has 2 saturated heterocycles. The molecule has 0 spiro atoms. The standard InChI is InChI=1S/C18H27N3O3/c1-13-11-19-14(2)9-17(13)20-18(22)21-5-8-24-12-16(21)10-15-3-6-23-7-4-15/h9,11,15-16H,3-8,10,12H2,1-2H3,(H,19,20,22). The predicted octanol–water partition coefficient (Wildman–Crippen LogP) is 2.75. The van der Waals surface area contributed by atoms with Crippen molar-refractivity contribution in [2.75, 3.05) is 38.3 Å². The van der Waals surface area contributed by atoms with Crippen molar-refractivity contribution in [3.8, 4) is 0 Å². The number of nitrogens with zero attached hydrogens (tertiary/aromatic N) is 2. The molecule has 2 aliphatic rings. The third-order valence-electron chi connectivity index (χ3n) is 4.92. The Morgan fingerprint density at radius 2 is 2.08 bits per heavy atom. The van der Waals surface area contributed by atoms with Gasteiger partial charge in [-0.25, -0.2) is 4.79 Å². The number of morpholine rings is 1. The maximum Gasteiger partial charge on any atom is 0.322 e. The molecule has 2 amide bonds. The first-order valence-corrected chi connectivity index (χ1v) is 8.80. The van der Waals surface area contributed by atoms with Crippen LogP contribution in [0.5, 0.6) is 0 Å². The number of anilines is 1. The van der Waals surface area contributed by atoms with Crippen LogP contribution in [0.3, 0.4) is 0 Å². The van der Waals surface area contributed by atoms with Crippen molar-refractivity contribution < 1.29 is 14.3 Å². The van der Waals surface area contributed by atoms with Crippen LogP contribution in [0.25, 0.3) is 0 Å². The molecule has 3 heterocycles. The molecule has 24 heavy (non-hydrogen) atoms. The van der Waals surface area contributed by atoms with Gasteiger partial charge in [0.15, 0.2) is 0 Å². The molecule has 0 saturated carbocycles. The Morgan fingerprint density at radius 1 is 1.29 bits per heavy atom. The van der Waals surface area contributed by atoms with Gasteiger partial charge in [-0.1, -0.05) is 0 Å². The lowest BCUT2D eigenvalue weighted by molar-refractivity contribution is -0.00505. The Kier molecular flexibility index (Phi) is 5.68. The van der Waals surface area contributed by atoms with Crippen LogP contribution < -0.4 is 5.32 Å². The van der Waals surface area contributed by atoms with Gasteiger partial charge in [0, 0.05) is 37.3 Å². The second kappa shape index (κ2) is 7.94. The van der Waals surface area contributed by atoms with Crippen LogP contribution in [0.4, 0.5) is 10.5 Å². The van der Waals surface area contributed by atoms with Gasteiger partial charge in [0.1, 0.15) is 0 Å². The summed E-state index contributed by atoms with van der Waals surface area (Å²) < 4.78 is 11.1. The summed E-state index contributed by atoms with van der Waals surface area (Å²) in [5, 5.41) is 3.05. The van der Waals surface area contributed by atoms with E-state index in [1.165, 1.54) is 0 Å². The normalized spacial score (nSPS) is 22.4. The van der Waals surface area contributed by atoms with E-state index in [9.17, 15) is 4.79 Å². The highest BCUT2D eigenvalue weighted by atomic mass is 16.5. The first-order valence-electron chi connectivity index (χ1n) is 8.80. The summed E-state index contributed by atoms with van der Waals surface area (Å²) in [4.78, 5) is 19.0. The second-order valence-corrected chi connectivity index (χ2v) is 6.78. The van der Waals surface area contributed by atoms with Crippen LogP contribution in [0.2, 0.25) is 0 Å². The zero-order valence-electron chi connectivity index (χ0n) is 14.6. The number of urea groups is 1. The van der Waals surface area contributed by atoms with Crippen molar-refractivity contribution in [2.24, 2.45) is 5.92 Å². The van der Waals surface area contributed by atoms with E-state index in [4.69, 9.17) is 9.47 Å². The van der Waals surface area contributed by atoms with E-state index in [2.05, 4.69) is 10.3 Å². The maximum atomic E-state index is 12.8. The predicted molar refractivity (Wildman–Crippen MR) is 92.2 cm³/mol. The lowest BCUT2D eigenvalue weighted by atomic mass is 9.92. The summed E-state index contributed by atoms with van der Waals surface area (Å²) in [5.41, 5.74) is 2.71. The summed E-state index contributed by atoms with van der Waals surface area (Å²) in [5.74, 6) is 0.616. The summed E-state index contributed by atoms with van der Waals surface area (Å²) in [6.45, 7) is 7.42. The van der Waals surface area contributed by atoms with Crippen molar-refractivity contribution in [1.82, 2.24) is 9.88 Å². The van der Waals surface area contributed by atoms with Gasteiger partial charge in [-0.05, 0) is 50.7 Å². The minimum absolute atomic E-state index is 0.0379. The molecule has 1 aromatic rings. The monoisotopic (exact) mass is 333 g/mol. The smallest absolute Gasteiger partial charge is 0.322 e. The quantitative estimate of drug-likeness (QED) is 0.924. The van der Waals surface area contributed by atoms with Gasteiger partial charge in [-0.15, -0.1) is 0 Å². The molecule has 2 aliphatic heterocycles. The van der Waals surface area contributed by atoms with Gasteiger partial charge >= 0.3 is 6.03 Å². The molecular weight excluding hydrogens is 306 g/mol. The van der Waals surface area contributed by atoms with Gasteiger partial charge in [0.2, 0.25) is 0 Å². The molecule has 6 heteroatoms. The number of nitrogens with one attached hydrogen (secondary N) is 1. The Hall–Kier alpha value is -1.66. The molecule has 1 atom stereocenters. The molecule has 3 rings (SSSR count). The number of aryl methyl sites for hydroxylation is 2. The molecule has 132 valence electrons. The van der Waals surface area contributed by atoms with Crippen molar-refractivity contribution in [3.05, 3.63) is 23.5 Å². The fourth-order valence-corrected chi connectivity index (χ4v) is 3.43. The number of rotatable bonds is 3. The van der Waals surface area contributed by atoms with Crippen LogP contribution in [0, 0.1) is 19.8 Å². The number of carbonyl (C=O) groups excluding carboxylic acids is 1. The molecule has 0 bridgehead atoms. The highest BCUT2D eigenvalue weighted by Gasteiger charge is 2.30. The number of aromatic nitrogens is 1. The first kappa shape index (κ1) is 17.2. The highest BCUT2D eigenvalue weighted by Crippen LogP contribution is 2.25. The molecule has 6 nitrogen and oxygen atoms in total. The fourth-order valence-electron chi connectivity index (χ4n) is 3.43. The third kappa shape index (κ3) is 4.24. The van der Waals surface area contributed by atoms with Gasteiger partial charge in [0.25, 0.3) is 0 Å². The SMILES string of the molecule is Cc1cc(NC(=O)N2CCOCC2CC2CCOCC2)c(C)cn1. The fraction of sp³-hybridized carbons (Fsp3) is 0.667. The van der Waals surface area contributed by atoms with Crippen molar-refractivity contribution in [1.29, 1.82) is 0 Å². The summed E-state index contributed by atoms with van der Waals surface area (Å²) >= 11 is 0. The Balaban J connectivity index is 1.65. The molecular formula is C18H27N3O3. The second-order valence-electron chi connectivity index (χ2n) is 6.78. The number of carbonyl (C=O) groups is 1. The Bertz CT molecular complexity index is 573. The van der Waals surface area contributed by atoms with E-state index in [1.54, 1.807) is 6.20 Å². The molecule has 0 aromatic carbocycles. The third-order valence-corrected chi connectivity index (χ3v) is 4.92. The van der Waals surface area contributed by atoms with Crippen molar-refractivity contribution in [3.63, 3.8) is 0 Å². The first-order chi connectivity index (χ1) is 11.6. The van der Waals surface area contributed by atoms with E-state index in [1.807, 2.05) is 24.8 Å².